The van der Waals surface area contributed by atoms with Gasteiger partial charge in [0.15, 0.2) is 9.84 Å². The fraction of sp³-hybridized carbons (Fsp3) is 0.429. The lowest BCUT2D eigenvalue weighted by Gasteiger charge is -2.31. The molecule has 3 amide bonds. The second kappa shape index (κ2) is 6.35. The van der Waals surface area contributed by atoms with Gasteiger partial charge in [-0.1, -0.05) is 6.07 Å². The number of nitrogens with one attached hydrogen (secondary N) is 2. The second-order valence-electron chi connectivity index (χ2n) is 5.22. The van der Waals surface area contributed by atoms with Crippen LogP contribution in [0.1, 0.15) is 12.0 Å². The van der Waals surface area contributed by atoms with Crippen LogP contribution in [0.15, 0.2) is 23.1 Å². The van der Waals surface area contributed by atoms with Gasteiger partial charge in [0.2, 0.25) is 5.91 Å². The Bertz CT molecular complexity index is 700. The highest BCUT2D eigenvalue weighted by atomic mass is 32.2. The molecule has 1 heterocycles. The summed E-state index contributed by atoms with van der Waals surface area (Å²) in [5, 5.41) is 4.52. The third-order valence-electron chi connectivity index (χ3n) is 3.51. The molecule has 0 atom stereocenters. The molecule has 2 N–H and O–H groups in total. The summed E-state index contributed by atoms with van der Waals surface area (Å²) in [5.41, 5.74) is 1.74. The quantitative estimate of drug-likeness (QED) is 0.833. The van der Waals surface area contributed by atoms with Crippen molar-refractivity contribution in [3.8, 4) is 0 Å². The Morgan fingerprint density at radius 2 is 2.05 bits per heavy atom. The SMILES string of the molecule is CNC(=O)NC(=O)CN1CCCc2ccc(S(C)(=O)=O)cc21. The molecule has 0 unspecified atom stereocenters. The molecule has 1 aliphatic heterocycles. The van der Waals surface area contributed by atoms with Crippen LogP contribution in [0.25, 0.3) is 0 Å². The molecule has 1 aromatic rings. The third-order valence-corrected chi connectivity index (χ3v) is 4.62. The highest BCUT2D eigenvalue weighted by Gasteiger charge is 2.21. The lowest BCUT2D eigenvalue weighted by atomic mass is 10.0. The highest BCUT2D eigenvalue weighted by Crippen LogP contribution is 2.29. The molecule has 1 aromatic carbocycles. The fourth-order valence-corrected chi connectivity index (χ4v) is 3.07. The average molecular weight is 325 g/mol. The minimum absolute atomic E-state index is 0.00757. The summed E-state index contributed by atoms with van der Waals surface area (Å²) in [5.74, 6) is -0.433. The van der Waals surface area contributed by atoms with Crippen molar-refractivity contribution >= 4 is 27.5 Å². The molecule has 2 rings (SSSR count). The maximum Gasteiger partial charge on any atom is 0.321 e. The molecule has 0 radical (unpaired) electrons. The first-order valence-electron chi connectivity index (χ1n) is 6.91. The van der Waals surface area contributed by atoms with Crippen LogP contribution < -0.4 is 15.5 Å². The molecular formula is C14H19N3O4S. The van der Waals surface area contributed by atoms with Crippen LogP contribution in [0, 0.1) is 0 Å². The smallest absolute Gasteiger partial charge is 0.321 e. The fourth-order valence-electron chi connectivity index (χ4n) is 2.43. The predicted octanol–water partition coefficient (Wildman–Crippen LogP) is 0.298. The Hall–Kier alpha value is -2.09. The van der Waals surface area contributed by atoms with Gasteiger partial charge in [-0.3, -0.25) is 10.1 Å². The summed E-state index contributed by atoms with van der Waals surface area (Å²) in [7, 11) is -1.87. The van der Waals surface area contributed by atoms with Gasteiger partial charge in [-0.25, -0.2) is 13.2 Å². The van der Waals surface area contributed by atoms with E-state index in [2.05, 4.69) is 10.6 Å². The molecule has 22 heavy (non-hydrogen) atoms. The van der Waals surface area contributed by atoms with Gasteiger partial charge in [0.1, 0.15) is 0 Å². The van der Waals surface area contributed by atoms with Gasteiger partial charge in [0.05, 0.1) is 11.4 Å². The number of nitrogens with zero attached hydrogens (tertiary/aromatic N) is 1. The number of aryl methyl sites for hydroxylation is 1. The standard InChI is InChI=1S/C14H19N3O4S/c1-15-14(19)16-13(18)9-17-7-3-4-10-5-6-11(8-12(10)17)22(2,20)21/h5-6,8H,3-4,7,9H2,1-2H3,(H2,15,16,18,19). The zero-order valence-electron chi connectivity index (χ0n) is 12.5. The largest absolute Gasteiger partial charge is 0.362 e. The molecule has 0 bridgehead atoms. The van der Waals surface area contributed by atoms with E-state index in [0.717, 1.165) is 30.3 Å². The second-order valence-corrected chi connectivity index (χ2v) is 7.23. The Morgan fingerprint density at radius 3 is 2.68 bits per heavy atom. The lowest BCUT2D eigenvalue weighted by Crippen LogP contribution is -2.44. The molecule has 8 heteroatoms. The van der Waals surface area contributed by atoms with Crippen LogP contribution >= 0.6 is 0 Å². The van der Waals surface area contributed by atoms with Gasteiger partial charge in [0, 0.05) is 25.5 Å². The van der Waals surface area contributed by atoms with Crippen LogP contribution in [-0.2, 0) is 21.1 Å². The van der Waals surface area contributed by atoms with E-state index in [-0.39, 0.29) is 11.4 Å². The first kappa shape index (κ1) is 16.3. The number of benzene rings is 1. The molecule has 0 saturated heterocycles. The van der Waals surface area contributed by atoms with E-state index in [0.29, 0.717) is 6.54 Å². The van der Waals surface area contributed by atoms with E-state index in [1.165, 1.54) is 7.05 Å². The highest BCUT2D eigenvalue weighted by molar-refractivity contribution is 7.90. The zero-order chi connectivity index (χ0) is 16.3. The summed E-state index contributed by atoms with van der Waals surface area (Å²) >= 11 is 0. The minimum Gasteiger partial charge on any atom is -0.362 e. The molecule has 1 aliphatic rings. The van der Waals surface area contributed by atoms with Crippen molar-refractivity contribution in [3.63, 3.8) is 0 Å². The van der Waals surface area contributed by atoms with Gasteiger partial charge in [-0.15, -0.1) is 0 Å². The van der Waals surface area contributed by atoms with Gasteiger partial charge in [-0.2, -0.15) is 0 Å². The molecule has 0 spiro atoms. The number of carbonyl (C=O) groups excluding carboxylic acids is 2. The van der Waals surface area contributed by atoms with Crippen LogP contribution in [0.5, 0.6) is 0 Å². The number of imide groups is 1. The Kier molecular flexibility index (Phi) is 4.70. The number of rotatable bonds is 3. The van der Waals surface area contributed by atoms with Crippen molar-refractivity contribution in [1.29, 1.82) is 0 Å². The molecule has 0 saturated carbocycles. The topological polar surface area (TPSA) is 95.6 Å². The summed E-state index contributed by atoms with van der Waals surface area (Å²) in [6.45, 7) is 0.648. The lowest BCUT2D eigenvalue weighted by molar-refractivity contribution is -0.118. The number of urea groups is 1. The van der Waals surface area contributed by atoms with E-state index in [1.807, 2.05) is 0 Å². The van der Waals surface area contributed by atoms with E-state index < -0.39 is 21.8 Å². The van der Waals surface area contributed by atoms with Crippen molar-refractivity contribution in [3.05, 3.63) is 23.8 Å². The summed E-state index contributed by atoms with van der Waals surface area (Å²) in [6.07, 6.45) is 2.87. The molecule has 0 aliphatic carbocycles. The van der Waals surface area contributed by atoms with Crippen molar-refractivity contribution < 1.29 is 18.0 Å². The maximum atomic E-state index is 11.8. The Morgan fingerprint density at radius 1 is 1.32 bits per heavy atom. The van der Waals surface area contributed by atoms with E-state index in [1.54, 1.807) is 23.1 Å². The summed E-state index contributed by atoms with van der Waals surface area (Å²) < 4.78 is 23.4. The number of carbonyl (C=O) groups is 2. The zero-order valence-corrected chi connectivity index (χ0v) is 13.4. The van der Waals surface area contributed by atoms with Crippen molar-refractivity contribution in [2.24, 2.45) is 0 Å². The Balaban J connectivity index is 2.23. The van der Waals surface area contributed by atoms with Crippen molar-refractivity contribution in [1.82, 2.24) is 10.6 Å². The predicted molar refractivity (Wildman–Crippen MR) is 82.7 cm³/mol. The van der Waals surface area contributed by atoms with E-state index in [9.17, 15) is 18.0 Å². The van der Waals surface area contributed by atoms with Gasteiger partial charge in [-0.05, 0) is 30.5 Å². The van der Waals surface area contributed by atoms with E-state index >= 15 is 0 Å². The van der Waals surface area contributed by atoms with Gasteiger partial charge in [0.25, 0.3) is 0 Å². The normalized spacial score (nSPS) is 14.2. The van der Waals surface area contributed by atoms with Crippen molar-refractivity contribution in [2.75, 3.05) is 31.3 Å². The first-order valence-corrected chi connectivity index (χ1v) is 8.80. The van der Waals surface area contributed by atoms with Crippen LogP contribution in [0.2, 0.25) is 0 Å². The number of anilines is 1. The number of fused-ring (bicyclic) bond motifs is 1. The molecular weight excluding hydrogens is 306 g/mol. The van der Waals surface area contributed by atoms with E-state index in [4.69, 9.17) is 0 Å². The number of amides is 3. The molecule has 0 aromatic heterocycles. The number of sulfone groups is 1. The maximum absolute atomic E-state index is 11.8. The Labute approximate surface area is 129 Å². The molecule has 7 nitrogen and oxygen atoms in total. The average Bonchev–Trinajstić information content (AvgIpc) is 2.46. The third kappa shape index (κ3) is 3.76. The summed E-state index contributed by atoms with van der Waals surface area (Å²) in [6, 6.07) is 4.40. The van der Waals surface area contributed by atoms with Crippen LogP contribution in [0.3, 0.4) is 0 Å². The monoisotopic (exact) mass is 325 g/mol. The van der Waals surface area contributed by atoms with Crippen molar-refractivity contribution in [2.45, 2.75) is 17.7 Å². The number of hydrogen-bond acceptors (Lipinski definition) is 5. The molecule has 120 valence electrons. The molecule has 0 fully saturated rings. The van der Waals surface area contributed by atoms with Crippen LogP contribution in [-0.4, -0.2) is 46.7 Å². The number of hydrogen-bond donors (Lipinski definition) is 2. The van der Waals surface area contributed by atoms with Crippen LogP contribution in [0.4, 0.5) is 10.5 Å². The summed E-state index contributed by atoms with van der Waals surface area (Å²) in [4.78, 5) is 25.0. The van der Waals surface area contributed by atoms with Gasteiger partial charge >= 0.3 is 6.03 Å². The van der Waals surface area contributed by atoms with Gasteiger partial charge < -0.3 is 10.2 Å². The first-order chi connectivity index (χ1) is 10.3. The minimum atomic E-state index is -3.30.